The lowest BCUT2D eigenvalue weighted by atomic mass is 9.70. The van der Waals surface area contributed by atoms with E-state index in [4.69, 9.17) is 14.2 Å². The van der Waals surface area contributed by atoms with Crippen molar-refractivity contribution in [3.8, 4) is 56.4 Å². The topological polar surface area (TPSA) is 30.9 Å². The monoisotopic (exact) mass is 823 g/mol. The first-order chi connectivity index (χ1) is 30.8. The number of nitrogens with zero attached hydrogens (tertiary/aromatic N) is 1. The Balaban J connectivity index is 1.02. The number of fused-ring (bicyclic) bond motifs is 13. The van der Waals surface area contributed by atoms with Gasteiger partial charge >= 0.3 is 0 Å². The minimum absolute atomic E-state index is 0.471. The van der Waals surface area contributed by atoms with Crippen molar-refractivity contribution in [2.45, 2.75) is 71.6 Å². The number of aryl methyl sites for hydroxylation is 3. The van der Waals surface area contributed by atoms with Gasteiger partial charge in [0.2, 0.25) is 0 Å². The van der Waals surface area contributed by atoms with Crippen molar-refractivity contribution >= 4 is 27.8 Å². The Kier molecular flexibility index (Phi) is 9.64. The van der Waals surface area contributed by atoms with E-state index >= 15 is 0 Å². The molecule has 4 heteroatoms. The summed E-state index contributed by atoms with van der Waals surface area (Å²) in [5.74, 6) is 3.48. The largest absolute Gasteiger partial charge is 0.497 e. The maximum Gasteiger partial charge on any atom is 0.152 e. The minimum atomic E-state index is -0.471. The number of methoxy groups -OCH3 is 1. The van der Waals surface area contributed by atoms with Gasteiger partial charge in [-0.25, -0.2) is 0 Å². The molecule has 0 saturated carbocycles. The van der Waals surface area contributed by atoms with Crippen LogP contribution >= 0.6 is 0 Å². The molecule has 0 N–H and O–H groups in total. The zero-order valence-corrected chi connectivity index (χ0v) is 37.0. The van der Waals surface area contributed by atoms with E-state index in [0.717, 1.165) is 80.6 Å². The summed E-state index contributed by atoms with van der Waals surface area (Å²) in [5, 5.41) is 2.29. The second-order valence-electron chi connectivity index (χ2n) is 17.9. The van der Waals surface area contributed by atoms with Crippen LogP contribution in [0.25, 0.3) is 44.2 Å². The maximum atomic E-state index is 6.84. The molecule has 8 aromatic carbocycles. The van der Waals surface area contributed by atoms with Crippen molar-refractivity contribution in [3.05, 3.63) is 185 Å². The molecule has 1 heterocycles. The highest BCUT2D eigenvalue weighted by Gasteiger charge is 2.52. The van der Waals surface area contributed by atoms with E-state index < -0.39 is 5.41 Å². The molecule has 1 unspecified atom stereocenters. The molecule has 2 aliphatic carbocycles. The number of hydrogen-bond donors (Lipinski definition) is 0. The number of rotatable bonds is 11. The number of anilines is 3. The van der Waals surface area contributed by atoms with Gasteiger partial charge < -0.3 is 19.1 Å². The van der Waals surface area contributed by atoms with E-state index in [1.165, 1.54) is 87.7 Å². The zero-order valence-electron chi connectivity index (χ0n) is 37.0. The van der Waals surface area contributed by atoms with Gasteiger partial charge in [-0.15, -0.1) is 0 Å². The standard InChI is InChI=1S/C59H53NO3/c1-6-7-8-9-10-11-28-62-46-21-25-52-50(36-46)49-29-37(2)13-24-51(49)59(52)53-30-38(3)12-22-47(53)48-23-17-42(34-54(48)59)43-18-27-56-58(35-43)63-57-31-39(4)14-26-55(57)60(56)44-19-15-41-33-45(61-5)20-16-40(41)32-44/h12-27,29-36H,6-11,28H2,1-5H3. The molecule has 4 nitrogen and oxygen atoms in total. The second kappa shape index (κ2) is 15.5. The van der Waals surface area contributed by atoms with E-state index in [0.29, 0.717) is 0 Å². The van der Waals surface area contributed by atoms with Crippen molar-refractivity contribution in [2.75, 3.05) is 18.6 Å². The van der Waals surface area contributed by atoms with E-state index in [-0.39, 0.29) is 0 Å². The highest BCUT2D eigenvalue weighted by atomic mass is 16.5. The Morgan fingerprint density at radius 3 is 1.92 bits per heavy atom. The molecule has 0 saturated heterocycles. The Morgan fingerprint density at radius 1 is 0.476 bits per heavy atom. The first kappa shape index (κ1) is 39.1. The van der Waals surface area contributed by atoms with E-state index in [2.05, 4.69) is 172 Å². The normalized spacial score (nSPS) is 15.0. The third-order valence-corrected chi connectivity index (χ3v) is 13.7. The molecule has 0 amide bonds. The van der Waals surface area contributed by atoms with Crippen molar-refractivity contribution in [2.24, 2.45) is 0 Å². The van der Waals surface area contributed by atoms with Crippen LogP contribution in [-0.2, 0) is 5.41 Å². The van der Waals surface area contributed by atoms with Gasteiger partial charge in [0.1, 0.15) is 11.5 Å². The van der Waals surface area contributed by atoms with E-state index in [1.807, 2.05) is 6.07 Å². The van der Waals surface area contributed by atoms with Gasteiger partial charge in [-0.3, -0.25) is 0 Å². The third-order valence-electron chi connectivity index (χ3n) is 13.7. The van der Waals surface area contributed by atoms with Gasteiger partial charge in [-0.05, 0) is 166 Å². The highest BCUT2D eigenvalue weighted by Crippen LogP contribution is 2.64. The Hall–Kier alpha value is -6.78. The molecular weight excluding hydrogens is 771 g/mol. The maximum absolute atomic E-state index is 6.84. The van der Waals surface area contributed by atoms with Crippen LogP contribution in [-0.4, -0.2) is 13.7 Å². The van der Waals surface area contributed by atoms with Crippen LogP contribution in [0.5, 0.6) is 23.0 Å². The summed E-state index contributed by atoms with van der Waals surface area (Å²) >= 11 is 0. The Labute approximate surface area is 371 Å². The van der Waals surface area contributed by atoms with E-state index in [1.54, 1.807) is 7.11 Å². The fraction of sp³-hybridized carbons (Fsp3) is 0.220. The molecule has 0 radical (unpaired) electrons. The summed E-state index contributed by atoms with van der Waals surface area (Å²) in [4.78, 5) is 2.33. The first-order valence-corrected chi connectivity index (χ1v) is 22.8. The number of benzene rings is 8. The first-order valence-electron chi connectivity index (χ1n) is 22.8. The van der Waals surface area contributed by atoms with Crippen LogP contribution < -0.4 is 19.1 Å². The van der Waals surface area contributed by atoms with Crippen molar-refractivity contribution < 1.29 is 14.2 Å². The average molecular weight is 824 g/mol. The van der Waals surface area contributed by atoms with Crippen LogP contribution in [0.2, 0.25) is 0 Å². The molecule has 1 spiro atoms. The fourth-order valence-corrected chi connectivity index (χ4v) is 10.6. The molecule has 0 bridgehead atoms. The second-order valence-corrected chi connectivity index (χ2v) is 17.9. The van der Waals surface area contributed by atoms with Gasteiger partial charge in [-0.1, -0.05) is 129 Å². The summed E-state index contributed by atoms with van der Waals surface area (Å²) in [7, 11) is 1.71. The molecule has 3 aliphatic rings. The lowest BCUT2D eigenvalue weighted by Crippen LogP contribution is -2.26. The van der Waals surface area contributed by atoms with Crippen molar-refractivity contribution in [1.29, 1.82) is 0 Å². The van der Waals surface area contributed by atoms with Crippen LogP contribution in [0.15, 0.2) is 146 Å². The molecule has 63 heavy (non-hydrogen) atoms. The summed E-state index contributed by atoms with van der Waals surface area (Å²) < 4.78 is 18.9. The zero-order chi connectivity index (χ0) is 42.8. The predicted octanol–water partition coefficient (Wildman–Crippen LogP) is 16.1. The summed E-state index contributed by atoms with van der Waals surface area (Å²) in [5.41, 5.74) is 19.1. The van der Waals surface area contributed by atoms with Crippen molar-refractivity contribution in [1.82, 2.24) is 0 Å². The summed E-state index contributed by atoms with van der Waals surface area (Å²) in [6, 6.07) is 54.1. The summed E-state index contributed by atoms with van der Waals surface area (Å²) in [6.45, 7) is 9.56. The predicted molar refractivity (Wildman–Crippen MR) is 260 cm³/mol. The van der Waals surface area contributed by atoms with Gasteiger partial charge in [0.05, 0.1) is 30.5 Å². The SMILES string of the molecule is CCCCCCCCOc1ccc2c(c1)-c1cc(C)ccc1C21c2cc(C)ccc2-c2ccc(-c3ccc4c(c3)Oc3cc(C)ccc3N4c3ccc4cc(OC)ccc4c3)cc21. The quantitative estimate of drug-likeness (QED) is 0.122. The molecule has 0 aromatic heterocycles. The van der Waals surface area contributed by atoms with Gasteiger partial charge in [0.15, 0.2) is 11.5 Å². The molecule has 1 aliphatic heterocycles. The molecule has 11 rings (SSSR count). The number of hydrogen-bond acceptors (Lipinski definition) is 4. The number of ether oxygens (including phenoxy) is 3. The molecule has 0 fully saturated rings. The Morgan fingerprint density at radius 2 is 1.08 bits per heavy atom. The lowest BCUT2D eigenvalue weighted by molar-refractivity contribution is 0.304. The van der Waals surface area contributed by atoms with Gasteiger partial charge in [-0.2, -0.15) is 0 Å². The fourth-order valence-electron chi connectivity index (χ4n) is 10.6. The van der Waals surface area contributed by atoms with Crippen molar-refractivity contribution in [3.63, 3.8) is 0 Å². The molecule has 1 atom stereocenters. The van der Waals surface area contributed by atoms with Gasteiger partial charge in [0, 0.05) is 5.69 Å². The minimum Gasteiger partial charge on any atom is -0.497 e. The Bertz CT molecular complexity index is 3110. The molecular formula is C59H53NO3. The van der Waals surface area contributed by atoms with Crippen LogP contribution in [0, 0.1) is 20.8 Å². The summed E-state index contributed by atoms with van der Waals surface area (Å²) in [6.07, 6.45) is 7.48. The van der Waals surface area contributed by atoms with Crippen LogP contribution in [0.3, 0.4) is 0 Å². The van der Waals surface area contributed by atoms with Crippen LogP contribution in [0.1, 0.15) is 84.4 Å². The highest BCUT2D eigenvalue weighted by molar-refractivity contribution is 5.97. The number of unbranched alkanes of at least 4 members (excludes halogenated alkanes) is 5. The van der Waals surface area contributed by atoms with Crippen LogP contribution in [0.4, 0.5) is 17.1 Å². The third kappa shape index (κ3) is 6.41. The smallest absolute Gasteiger partial charge is 0.152 e. The average Bonchev–Trinajstić information content (AvgIpc) is 3.75. The van der Waals surface area contributed by atoms with Gasteiger partial charge in [0.25, 0.3) is 0 Å². The molecule has 312 valence electrons. The molecule has 8 aromatic rings. The lowest BCUT2D eigenvalue weighted by Gasteiger charge is -2.33. The van der Waals surface area contributed by atoms with E-state index in [9.17, 15) is 0 Å².